The third-order valence-corrected chi connectivity index (χ3v) is 0.833. The Morgan fingerprint density at radius 3 is 2.29 bits per heavy atom. The van der Waals surface area contributed by atoms with E-state index in [9.17, 15) is 4.79 Å². The Morgan fingerprint density at radius 1 is 1.86 bits per heavy atom. The van der Waals surface area contributed by atoms with E-state index in [0.29, 0.717) is 0 Å². The molecule has 0 aliphatic heterocycles. The molecule has 1 atom stereocenters. The maximum atomic E-state index is 10.1. The Balaban J connectivity index is 3.13. The van der Waals surface area contributed by atoms with Crippen molar-refractivity contribution in [1.29, 1.82) is 0 Å². The SMILES string of the molecule is CC(=O)O[CH](C)[U]. The van der Waals surface area contributed by atoms with E-state index in [2.05, 4.69) is 4.74 Å². The summed E-state index contributed by atoms with van der Waals surface area (Å²) in [4.78, 5) is 10.1. The Bertz CT molecular complexity index is 70.1. The molecule has 0 saturated carbocycles. The van der Waals surface area contributed by atoms with Crippen LogP contribution in [0.5, 0.6) is 0 Å². The second kappa shape index (κ2) is 3.51. The molecule has 0 N–H and O–H groups in total. The molecule has 0 aliphatic rings. The van der Waals surface area contributed by atoms with Gasteiger partial charge in [-0.1, -0.05) is 0 Å². The Kier molecular flexibility index (Phi) is 3.78. The first-order valence-corrected chi connectivity index (χ1v) is 4.41. The van der Waals surface area contributed by atoms with Crippen LogP contribution in [0.15, 0.2) is 0 Å². The normalized spacial score (nSPS) is 13.1. The summed E-state index contributed by atoms with van der Waals surface area (Å²) in [5, 5.41) is 0. The molecule has 3 heteroatoms. The first-order chi connectivity index (χ1) is 3.13. The fraction of sp³-hybridized carbons (Fsp3) is 0.750. The van der Waals surface area contributed by atoms with Crippen molar-refractivity contribution in [2.75, 3.05) is 0 Å². The molecule has 0 aromatic heterocycles. The molecule has 0 bridgehead atoms. The van der Waals surface area contributed by atoms with E-state index in [1.165, 1.54) is 6.92 Å². The molecule has 1 unspecified atom stereocenters. The standard InChI is InChI=1S/C4H7O2.U/c1-3-6-4(2)5;/h3H,1-2H3;. The number of rotatable bonds is 1. The van der Waals surface area contributed by atoms with Gasteiger partial charge in [0.25, 0.3) is 0 Å². The van der Waals surface area contributed by atoms with Gasteiger partial charge in [-0.2, -0.15) is 0 Å². The molecule has 0 heterocycles. The summed E-state index contributed by atoms with van der Waals surface area (Å²) in [6.45, 7) is 3.33. The minimum absolute atomic E-state index is 0.171. The molecule has 0 aromatic rings. The van der Waals surface area contributed by atoms with E-state index in [-0.39, 0.29) is 9.11 Å². The second-order valence-corrected chi connectivity index (χ2v) is 4.64. The average Bonchev–Trinajstić information content (AvgIpc) is 1.27. The second-order valence-electron chi connectivity index (χ2n) is 1.25. The molecule has 39 valence electrons. The van der Waals surface area contributed by atoms with Crippen LogP contribution in [-0.4, -0.2) is 9.11 Å². The summed E-state index contributed by atoms with van der Waals surface area (Å²) in [6.07, 6.45) is 0. The van der Waals surface area contributed by atoms with Crippen LogP contribution < -0.4 is 0 Å². The molecule has 0 saturated heterocycles. The summed E-state index contributed by atoms with van der Waals surface area (Å²) in [6, 6.07) is 0. The monoisotopic (exact) mass is 325 g/mol. The molecule has 0 amide bonds. The van der Waals surface area contributed by atoms with Gasteiger partial charge in [-0.15, -0.1) is 0 Å². The maximum absolute atomic E-state index is 10.1. The third-order valence-electron chi connectivity index (χ3n) is 0.343. The zero-order valence-corrected chi connectivity index (χ0v) is 8.56. The molecule has 0 aliphatic carbocycles. The van der Waals surface area contributed by atoms with Gasteiger partial charge in [0.1, 0.15) is 0 Å². The number of carbonyl (C=O) groups is 1. The van der Waals surface area contributed by atoms with Crippen molar-refractivity contribution in [1.82, 2.24) is 0 Å². The number of hydrogen-bond donors (Lipinski definition) is 0. The van der Waals surface area contributed by atoms with Gasteiger partial charge in [0.05, 0.1) is 0 Å². The van der Waals surface area contributed by atoms with Gasteiger partial charge in [-0.25, -0.2) is 0 Å². The summed E-state index contributed by atoms with van der Waals surface area (Å²) < 4.78 is 4.88. The molecule has 2 nitrogen and oxygen atoms in total. The van der Waals surface area contributed by atoms with Gasteiger partial charge in [-0.3, -0.25) is 0 Å². The van der Waals surface area contributed by atoms with Crippen molar-refractivity contribution in [3.63, 3.8) is 0 Å². The van der Waals surface area contributed by atoms with Gasteiger partial charge in [0.2, 0.25) is 0 Å². The molecule has 0 aromatic carbocycles. The summed E-state index contributed by atoms with van der Waals surface area (Å²) >= 11 is 0.733. The minimum atomic E-state index is -0.171. The van der Waals surface area contributed by atoms with Crippen LogP contribution in [0, 0.1) is 29.4 Å². The van der Waals surface area contributed by atoms with E-state index in [0.717, 1.165) is 29.4 Å². The Labute approximate surface area is 61.8 Å². The van der Waals surface area contributed by atoms with Crippen LogP contribution in [0.1, 0.15) is 13.8 Å². The topological polar surface area (TPSA) is 26.3 Å². The van der Waals surface area contributed by atoms with E-state index in [1.807, 2.05) is 6.92 Å². The number of esters is 1. The molecule has 0 fully saturated rings. The van der Waals surface area contributed by atoms with Crippen molar-refractivity contribution in [2.24, 2.45) is 0 Å². The third kappa shape index (κ3) is 6.52. The van der Waals surface area contributed by atoms with E-state index < -0.39 is 0 Å². The van der Waals surface area contributed by atoms with Crippen molar-refractivity contribution >= 4 is 5.97 Å². The average molecular weight is 325 g/mol. The number of hydrogen-bond acceptors (Lipinski definition) is 2. The van der Waals surface area contributed by atoms with Crippen LogP contribution in [0.25, 0.3) is 0 Å². The van der Waals surface area contributed by atoms with E-state index >= 15 is 0 Å². The van der Waals surface area contributed by atoms with E-state index in [1.54, 1.807) is 0 Å². The Hall–Kier alpha value is 0.522. The van der Waals surface area contributed by atoms with Gasteiger partial charge in [0, 0.05) is 0 Å². The Morgan fingerprint density at radius 2 is 2.29 bits per heavy atom. The van der Waals surface area contributed by atoms with Crippen LogP contribution in [0.2, 0.25) is 0 Å². The summed E-state index contributed by atoms with van der Waals surface area (Å²) in [5.74, 6) is -0.171. The first-order valence-electron chi connectivity index (χ1n) is 2.01. The summed E-state index contributed by atoms with van der Waals surface area (Å²) in [5.41, 5.74) is 0. The van der Waals surface area contributed by atoms with Crippen molar-refractivity contribution in [2.45, 2.75) is 17.0 Å². The molecular weight excluding hydrogens is 318 g/mol. The zero-order valence-electron chi connectivity index (χ0n) is 4.39. The van der Waals surface area contributed by atoms with Crippen molar-refractivity contribution < 1.29 is 39.0 Å². The molecule has 0 spiro atoms. The molecule has 0 rings (SSSR count). The van der Waals surface area contributed by atoms with Crippen LogP contribution >= 0.6 is 0 Å². The number of ether oxygens (including phenoxy) is 1. The zero-order chi connectivity index (χ0) is 5.86. The molecule has 0 radical (unpaired) electrons. The van der Waals surface area contributed by atoms with E-state index in [4.69, 9.17) is 0 Å². The fourth-order valence-corrected chi connectivity index (χ4v) is 0.940. The predicted octanol–water partition coefficient (Wildman–Crippen LogP) is 0.445. The summed E-state index contributed by atoms with van der Waals surface area (Å²) in [7, 11) is 0. The molecular formula is C4H7O2U. The number of carbonyl (C=O) groups excluding carboxylic acids is 1. The van der Waals surface area contributed by atoms with Gasteiger partial charge < -0.3 is 0 Å². The van der Waals surface area contributed by atoms with Crippen molar-refractivity contribution in [3.8, 4) is 0 Å². The predicted molar refractivity (Wildman–Crippen MR) is 21.2 cm³/mol. The fourth-order valence-electron chi connectivity index (χ4n) is 0.249. The quantitative estimate of drug-likeness (QED) is 0.654. The molecule has 7 heavy (non-hydrogen) atoms. The van der Waals surface area contributed by atoms with Crippen LogP contribution in [-0.2, 0) is 9.53 Å². The van der Waals surface area contributed by atoms with Gasteiger partial charge in [0.15, 0.2) is 0 Å². The van der Waals surface area contributed by atoms with Crippen LogP contribution in [0.3, 0.4) is 0 Å². The van der Waals surface area contributed by atoms with Gasteiger partial charge in [-0.05, 0) is 0 Å². The van der Waals surface area contributed by atoms with Crippen LogP contribution in [0.4, 0.5) is 0 Å². The van der Waals surface area contributed by atoms with Gasteiger partial charge >= 0.3 is 61.9 Å². The first kappa shape index (κ1) is 7.52. The van der Waals surface area contributed by atoms with Crippen molar-refractivity contribution in [3.05, 3.63) is 0 Å².